The summed E-state index contributed by atoms with van der Waals surface area (Å²) in [5, 5.41) is 1.98. The molecule has 0 saturated heterocycles. The maximum absolute atomic E-state index is 13.4. The summed E-state index contributed by atoms with van der Waals surface area (Å²) in [6, 6.07) is 12.9. The smallest absolute Gasteiger partial charge is 0.309 e. The number of ether oxygens (including phenoxy) is 1. The van der Waals surface area contributed by atoms with Gasteiger partial charge in [-0.15, -0.1) is 0 Å². The summed E-state index contributed by atoms with van der Waals surface area (Å²) in [5.74, 6) is -0.528. The molecule has 3 atom stereocenters. The first kappa shape index (κ1) is 20.4. The molecule has 0 heterocycles. The highest BCUT2D eigenvalue weighted by molar-refractivity contribution is 7.92. The third-order valence-corrected chi connectivity index (χ3v) is 8.64. The third-order valence-electron chi connectivity index (χ3n) is 6.05. The van der Waals surface area contributed by atoms with Gasteiger partial charge in [-0.2, -0.15) is 0 Å². The number of benzene rings is 2. The summed E-state index contributed by atoms with van der Waals surface area (Å²) in [6.45, 7) is 0. The Morgan fingerprint density at radius 1 is 1.00 bits per heavy atom. The summed E-state index contributed by atoms with van der Waals surface area (Å²) < 4.78 is 32.6. The number of hydrogen-bond donors (Lipinski definition) is 0. The number of carbonyl (C=O) groups is 1. The van der Waals surface area contributed by atoms with Crippen LogP contribution in [0.15, 0.2) is 58.5 Å². The van der Waals surface area contributed by atoms with Crippen molar-refractivity contribution in [3.05, 3.63) is 53.6 Å². The van der Waals surface area contributed by atoms with Crippen molar-refractivity contribution in [2.75, 3.05) is 0 Å². The van der Waals surface area contributed by atoms with Gasteiger partial charge in [0.1, 0.15) is 11.4 Å². The minimum Gasteiger partial charge on any atom is -0.461 e. The Hall–Kier alpha value is -1.85. The first-order chi connectivity index (χ1) is 13.9. The van der Waals surface area contributed by atoms with Crippen LogP contribution in [0.25, 0.3) is 10.8 Å². The van der Waals surface area contributed by atoms with Crippen molar-refractivity contribution >= 4 is 38.2 Å². The minimum atomic E-state index is -3.60. The van der Waals surface area contributed by atoms with Gasteiger partial charge in [-0.3, -0.25) is 4.79 Å². The number of esters is 1. The van der Waals surface area contributed by atoms with E-state index in [1.165, 1.54) is 0 Å². The molecule has 0 bridgehead atoms. The molecule has 154 valence electrons. The summed E-state index contributed by atoms with van der Waals surface area (Å²) in [7, 11) is -3.60. The van der Waals surface area contributed by atoms with Gasteiger partial charge in [0.2, 0.25) is 0 Å². The van der Waals surface area contributed by atoms with Gasteiger partial charge in [-0.05, 0) is 61.4 Å². The second kappa shape index (κ2) is 8.49. The van der Waals surface area contributed by atoms with E-state index in [1.807, 2.05) is 36.4 Å². The molecule has 2 aliphatic carbocycles. The van der Waals surface area contributed by atoms with E-state index in [-0.39, 0.29) is 11.9 Å². The van der Waals surface area contributed by atoms with Crippen LogP contribution in [0, 0.1) is 5.92 Å². The topological polar surface area (TPSA) is 60.4 Å². The molecular weight excluding hydrogens is 408 g/mol. The van der Waals surface area contributed by atoms with Crippen LogP contribution in [0.4, 0.5) is 0 Å². The van der Waals surface area contributed by atoms with E-state index in [0.29, 0.717) is 37.0 Å². The average Bonchev–Trinajstić information content (AvgIpc) is 2.74. The van der Waals surface area contributed by atoms with E-state index in [4.69, 9.17) is 16.3 Å². The van der Waals surface area contributed by atoms with E-state index < -0.39 is 21.2 Å². The number of sulfone groups is 1. The van der Waals surface area contributed by atoms with Gasteiger partial charge in [0.25, 0.3) is 0 Å². The molecule has 2 aliphatic rings. The zero-order valence-corrected chi connectivity index (χ0v) is 17.8. The largest absolute Gasteiger partial charge is 0.461 e. The second-order valence-corrected chi connectivity index (χ2v) is 10.6. The van der Waals surface area contributed by atoms with Crippen LogP contribution in [-0.4, -0.2) is 25.7 Å². The van der Waals surface area contributed by atoms with Crippen molar-refractivity contribution in [2.45, 2.75) is 61.2 Å². The molecule has 29 heavy (non-hydrogen) atoms. The van der Waals surface area contributed by atoms with E-state index in [0.717, 1.165) is 28.6 Å². The monoisotopic (exact) mass is 432 g/mol. The van der Waals surface area contributed by atoms with Gasteiger partial charge in [-0.1, -0.05) is 54.4 Å². The molecule has 4 rings (SSSR count). The average molecular weight is 433 g/mol. The van der Waals surface area contributed by atoms with Gasteiger partial charge in [0.05, 0.1) is 10.8 Å². The lowest BCUT2D eigenvalue weighted by molar-refractivity contribution is -0.155. The zero-order valence-electron chi connectivity index (χ0n) is 16.2. The molecule has 1 saturated carbocycles. The standard InChI is InChI=1S/C23H25ClO4S/c24-19-12-9-17(10-13-19)23(25)28-21-7-3-4-8-22(21)29(26,27)20-14-11-16-5-1-2-6-18(16)15-20/h1-2,5-6,11-12,14-15,17,21-22H,3-4,7-10,13H2/t17-,21+,22+/m0/s1. The number of carbonyl (C=O) groups excluding carboxylic acids is 1. The van der Waals surface area contributed by atoms with Crippen molar-refractivity contribution < 1.29 is 17.9 Å². The Morgan fingerprint density at radius 2 is 1.76 bits per heavy atom. The lowest BCUT2D eigenvalue weighted by Gasteiger charge is -2.32. The Bertz CT molecular complexity index is 1040. The highest BCUT2D eigenvalue weighted by Gasteiger charge is 2.40. The van der Waals surface area contributed by atoms with Crippen molar-refractivity contribution in [1.82, 2.24) is 0 Å². The maximum atomic E-state index is 13.4. The van der Waals surface area contributed by atoms with Crippen LogP contribution < -0.4 is 0 Å². The van der Waals surface area contributed by atoms with Gasteiger partial charge in [0, 0.05) is 5.03 Å². The highest BCUT2D eigenvalue weighted by atomic mass is 35.5. The lowest BCUT2D eigenvalue weighted by atomic mass is 9.93. The highest BCUT2D eigenvalue weighted by Crippen LogP contribution is 2.34. The van der Waals surface area contributed by atoms with Gasteiger partial charge < -0.3 is 4.74 Å². The molecule has 0 amide bonds. The van der Waals surface area contributed by atoms with Crippen LogP contribution in [0.3, 0.4) is 0 Å². The summed E-state index contributed by atoms with van der Waals surface area (Å²) in [6.07, 6.45) is 5.97. The SMILES string of the molecule is O=C(O[C@@H]1CCCC[C@H]1S(=O)(=O)c1ccc2ccccc2c1)[C@H]1CC=C(Cl)CC1. The van der Waals surface area contributed by atoms with E-state index in [9.17, 15) is 13.2 Å². The normalized spacial score (nSPS) is 25.4. The minimum absolute atomic E-state index is 0.233. The summed E-state index contributed by atoms with van der Waals surface area (Å²) >= 11 is 6.00. The van der Waals surface area contributed by atoms with Crippen molar-refractivity contribution in [1.29, 1.82) is 0 Å². The Kier molecular flexibility index (Phi) is 5.98. The molecule has 1 fully saturated rings. The Morgan fingerprint density at radius 3 is 2.52 bits per heavy atom. The van der Waals surface area contributed by atoms with Crippen LogP contribution in [-0.2, 0) is 19.4 Å². The molecule has 0 radical (unpaired) electrons. The maximum Gasteiger partial charge on any atom is 0.309 e. The molecule has 2 aromatic carbocycles. The Labute approximate surface area is 176 Å². The number of rotatable bonds is 4. The van der Waals surface area contributed by atoms with Crippen molar-refractivity contribution in [2.24, 2.45) is 5.92 Å². The lowest BCUT2D eigenvalue weighted by Crippen LogP contribution is -2.41. The summed E-state index contributed by atoms with van der Waals surface area (Å²) in [5.41, 5.74) is 0. The predicted molar refractivity (Wildman–Crippen MR) is 115 cm³/mol. The molecule has 6 heteroatoms. The fourth-order valence-corrected chi connectivity index (χ4v) is 6.50. The second-order valence-electron chi connectivity index (χ2n) is 7.97. The van der Waals surface area contributed by atoms with Gasteiger partial charge >= 0.3 is 5.97 Å². The quantitative estimate of drug-likeness (QED) is 0.607. The van der Waals surface area contributed by atoms with E-state index in [1.54, 1.807) is 12.1 Å². The van der Waals surface area contributed by atoms with Gasteiger partial charge in [0.15, 0.2) is 9.84 Å². The first-order valence-corrected chi connectivity index (χ1v) is 12.2. The number of halogens is 1. The molecule has 0 aliphatic heterocycles. The molecule has 0 aromatic heterocycles. The number of fused-ring (bicyclic) bond motifs is 1. The molecule has 0 unspecified atom stereocenters. The fourth-order valence-electron chi connectivity index (χ4n) is 4.33. The van der Waals surface area contributed by atoms with Crippen LogP contribution in [0.1, 0.15) is 44.9 Å². The van der Waals surface area contributed by atoms with Crippen molar-refractivity contribution in [3.8, 4) is 0 Å². The van der Waals surface area contributed by atoms with Gasteiger partial charge in [-0.25, -0.2) is 8.42 Å². The zero-order chi connectivity index (χ0) is 20.4. The molecular formula is C23H25ClO4S. The number of allylic oxidation sites excluding steroid dienone is 2. The Balaban J connectivity index is 1.56. The van der Waals surface area contributed by atoms with Crippen molar-refractivity contribution in [3.63, 3.8) is 0 Å². The third kappa shape index (κ3) is 4.36. The molecule has 0 spiro atoms. The molecule has 0 N–H and O–H groups in total. The summed E-state index contributed by atoms with van der Waals surface area (Å²) in [4.78, 5) is 13.0. The van der Waals surface area contributed by atoms with E-state index >= 15 is 0 Å². The number of hydrogen-bond acceptors (Lipinski definition) is 4. The first-order valence-electron chi connectivity index (χ1n) is 10.2. The molecule has 2 aromatic rings. The fraction of sp³-hybridized carbons (Fsp3) is 0.435. The predicted octanol–water partition coefficient (Wildman–Crippen LogP) is 5.39. The van der Waals surface area contributed by atoms with E-state index in [2.05, 4.69) is 0 Å². The molecule has 4 nitrogen and oxygen atoms in total. The van der Waals surface area contributed by atoms with Crippen LogP contribution in [0.5, 0.6) is 0 Å². The van der Waals surface area contributed by atoms with Crippen LogP contribution in [0.2, 0.25) is 0 Å². The van der Waals surface area contributed by atoms with Crippen LogP contribution >= 0.6 is 11.6 Å².